The van der Waals surface area contributed by atoms with E-state index in [2.05, 4.69) is 66.6 Å². The average molecular weight is 262 g/mol. The zero-order valence-electron chi connectivity index (χ0n) is 11.9. The number of benzene rings is 2. The fourth-order valence-electron chi connectivity index (χ4n) is 2.29. The fourth-order valence-corrected chi connectivity index (χ4v) is 2.29. The van der Waals surface area contributed by atoms with Crippen LogP contribution in [0.3, 0.4) is 0 Å². The van der Waals surface area contributed by atoms with Crippen molar-refractivity contribution in [3.05, 3.63) is 71.4 Å². The Morgan fingerprint density at radius 3 is 2.70 bits per heavy atom. The summed E-state index contributed by atoms with van der Waals surface area (Å²) in [4.78, 5) is 4.34. The molecule has 0 aliphatic carbocycles. The minimum absolute atomic E-state index is 0.827. The number of pyridine rings is 1. The summed E-state index contributed by atoms with van der Waals surface area (Å²) in [5.74, 6) is 0. The number of anilines is 1. The van der Waals surface area contributed by atoms with Crippen molar-refractivity contribution in [1.29, 1.82) is 0 Å². The van der Waals surface area contributed by atoms with Crippen molar-refractivity contribution in [1.82, 2.24) is 4.98 Å². The molecule has 20 heavy (non-hydrogen) atoms. The van der Waals surface area contributed by atoms with E-state index in [1.807, 2.05) is 12.3 Å². The Labute approximate surface area is 119 Å². The van der Waals surface area contributed by atoms with Gasteiger partial charge in [-0.25, -0.2) is 0 Å². The highest BCUT2D eigenvalue weighted by Crippen LogP contribution is 2.17. The van der Waals surface area contributed by atoms with Crippen molar-refractivity contribution in [2.45, 2.75) is 20.4 Å². The van der Waals surface area contributed by atoms with Gasteiger partial charge in [0.2, 0.25) is 0 Å². The number of hydrogen-bond acceptors (Lipinski definition) is 2. The summed E-state index contributed by atoms with van der Waals surface area (Å²) < 4.78 is 0. The molecule has 0 radical (unpaired) electrons. The van der Waals surface area contributed by atoms with Crippen LogP contribution in [0.15, 0.2) is 54.7 Å². The molecule has 0 amide bonds. The molecule has 0 aliphatic heterocycles. The van der Waals surface area contributed by atoms with Crippen LogP contribution in [0.5, 0.6) is 0 Å². The van der Waals surface area contributed by atoms with E-state index in [-0.39, 0.29) is 0 Å². The van der Waals surface area contributed by atoms with Crippen LogP contribution in [0.25, 0.3) is 10.9 Å². The Kier molecular flexibility index (Phi) is 3.38. The molecule has 100 valence electrons. The average Bonchev–Trinajstić information content (AvgIpc) is 2.48. The first-order valence-corrected chi connectivity index (χ1v) is 6.87. The summed E-state index contributed by atoms with van der Waals surface area (Å²) in [6, 6.07) is 16.9. The van der Waals surface area contributed by atoms with Crippen LogP contribution in [-0.4, -0.2) is 4.98 Å². The van der Waals surface area contributed by atoms with Crippen LogP contribution in [0.2, 0.25) is 0 Å². The molecular formula is C18H18N2. The minimum atomic E-state index is 0.827. The normalized spacial score (nSPS) is 10.7. The number of nitrogens with one attached hydrogen (secondary N) is 1. The van der Waals surface area contributed by atoms with Crippen LogP contribution in [0.1, 0.15) is 16.7 Å². The Balaban J connectivity index is 1.77. The predicted molar refractivity (Wildman–Crippen MR) is 85.0 cm³/mol. The molecule has 0 unspecified atom stereocenters. The molecule has 0 saturated heterocycles. The monoisotopic (exact) mass is 262 g/mol. The van der Waals surface area contributed by atoms with Gasteiger partial charge in [0.25, 0.3) is 0 Å². The quantitative estimate of drug-likeness (QED) is 0.753. The summed E-state index contributed by atoms with van der Waals surface area (Å²) in [5, 5.41) is 4.66. The summed E-state index contributed by atoms with van der Waals surface area (Å²) in [6.07, 6.45) is 1.83. The van der Waals surface area contributed by atoms with Gasteiger partial charge in [0.1, 0.15) is 0 Å². The highest BCUT2D eigenvalue weighted by atomic mass is 14.9. The summed E-state index contributed by atoms with van der Waals surface area (Å²) in [7, 11) is 0. The van der Waals surface area contributed by atoms with Gasteiger partial charge in [-0.2, -0.15) is 0 Å². The van der Waals surface area contributed by atoms with Crippen molar-refractivity contribution in [2.24, 2.45) is 0 Å². The van der Waals surface area contributed by atoms with E-state index < -0.39 is 0 Å². The lowest BCUT2D eigenvalue weighted by atomic mass is 10.1. The summed E-state index contributed by atoms with van der Waals surface area (Å²) >= 11 is 0. The zero-order chi connectivity index (χ0) is 13.9. The second kappa shape index (κ2) is 5.33. The van der Waals surface area contributed by atoms with Gasteiger partial charge in [0.05, 0.1) is 5.52 Å². The van der Waals surface area contributed by atoms with Crippen molar-refractivity contribution in [3.8, 4) is 0 Å². The third-order valence-corrected chi connectivity index (χ3v) is 3.67. The van der Waals surface area contributed by atoms with Crippen LogP contribution in [0.4, 0.5) is 5.69 Å². The van der Waals surface area contributed by atoms with Crippen molar-refractivity contribution >= 4 is 16.6 Å². The first-order chi connectivity index (χ1) is 9.72. The Hall–Kier alpha value is -2.35. The molecule has 0 fully saturated rings. The molecule has 2 aromatic carbocycles. The van der Waals surface area contributed by atoms with Gasteiger partial charge in [-0.3, -0.25) is 4.98 Å². The first kappa shape index (κ1) is 12.7. The second-order valence-electron chi connectivity index (χ2n) is 5.18. The minimum Gasteiger partial charge on any atom is -0.381 e. The zero-order valence-corrected chi connectivity index (χ0v) is 11.9. The SMILES string of the molecule is Cc1ccc(NCc2ccc3ncccc3c2)cc1C. The van der Waals surface area contributed by atoms with Crippen LogP contribution in [-0.2, 0) is 6.54 Å². The number of fused-ring (bicyclic) bond motifs is 1. The van der Waals surface area contributed by atoms with Crippen LogP contribution in [0, 0.1) is 13.8 Å². The molecule has 3 rings (SSSR count). The molecule has 0 aliphatic rings. The highest BCUT2D eigenvalue weighted by molar-refractivity contribution is 5.79. The largest absolute Gasteiger partial charge is 0.381 e. The van der Waals surface area contributed by atoms with E-state index in [1.54, 1.807) is 0 Å². The fraction of sp³-hybridized carbons (Fsp3) is 0.167. The first-order valence-electron chi connectivity index (χ1n) is 6.87. The number of aryl methyl sites for hydroxylation is 2. The molecule has 0 spiro atoms. The van der Waals surface area contributed by atoms with Crippen molar-refractivity contribution in [2.75, 3.05) is 5.32 Å². The molecular weight excluding hydrogens is 244 g/mol. The van der Waals surface area contributed by atoms with Gasteiger partial charge in [0, 0.05) is 23.8 Å². The molecule has 0 saturated carbocycles. The maximum absolute atomic E-state index is 4.34. The number of hydrogen-bond donors (Lipinski definition) is 1. The maximum atomic E-state index is 4.34. The van der Waals surface area contributed by atoms with Gasteiger partial charge < -0.3 is 5.32 Å². The van der Waals surface area contributed by atoms with Gasteiger partial charge in [-0.15, -0.1) is 0 Å². The van der Waals surface area contributed by atoms with E-state index in [1.165, 1.54) is 27.8 Å². The standard InChI is InChI=1S/C18H18N2/c1-13-5-7-17(10-14(13)2)20-12-15-6-8-18-16(11-15)4-3-9-19-18/h3-11,20H,12H2,1-2H3. The van der Waals surface area contributed by atoms with E-state index in [0.29, 0.717) is 0 Å². The van der Waals surface area contributed by atoms with Crippen molar-refractivity contribution in [3.63, 3.8) is 0 Å². The molecule has 0 atom stereocenters. The third kappa shape index (κ3) is 2.64. The molecule has 1 N–H and O–H groups in total. The second-order valence-corrected chi connectivity index (χ2v) is 5.18. The number of aromatic nitrogens is 1. The van der Waals surface area contributed by atoms with E-state index in [9.17, 15) is 0 Å². The smallest absolute Gasteiger partial charge is 0.0702 e. The van der Waals surface area contributed by atoms with Gasteiger partial charge in [0.15, 0.2) is 0 Å². The van der Waals surface area contributed by atoms with Crippen molar-refractivity contribution < 1.29 is 0 Å². The van der Waals surface area contributed by atoms with Crippen LogP contribution >= 0.6 is 0 Å². The van der Waals surface area contributed by atoms with Gasteiger partial charge in [-0.05, 0) is 60.9 Å². The molecule has 1 aromatic heterocycles. The molecule has 0 bridgehead atoms. The van der Waals surface area contributed by atoms with E-state index in [0.717, 1.165) is 12.1 Å². The topological polar surface area (TPSA) is 24.9 Å². The molecule has 3 aromatic rings. The van der Waals surface area contributed by atoms with Crippen LogP contribution < -0.4 is 5.32 Å². The van der Waals surface area contributed by atoms with E-state index in [4.69, 9.17) is 0 Å². The lowest BCUT2D eigenvalue weighted by molar-refractivity contribution is 1.15. The highest BCUT2D eigenvalue weighted by Gasteiger charge is 1.99. The van der Waals surface area contributed by atoms with Gasteiger partial charge >= 0.3 is 0 Å². The number of nitrogens with zero attached hydrogens (tertiary/aromatic N) is 1. The Morgan fingerprint density at radius 2 is 1.85 bits per heavy atom. The Morgan fingerprint density at radius 1 is 0.950 bits per heavy atom. The van der Waals surface area contributed by atoms with E-state index >= 15 is 0 Å². The molecule has 1 heterocycles. The van der Waals surface area contributed by atoms with Gasteiger partial charge in [-0.1, -0.05) is 18.2 Å². The Bertz CT molecular complexity index is 747. The molecule has 2 nitrogen and oxygen atoms in total. The summed E-state index contributed by atoms with van der Waals surface area (Å²) in [5.41, 5.74) is 6.12. The molecule has 2 heteroatoms. The lowest BCUT2D eigenvalue weighted by Crippen LogP contribution is -2.00. The lowest BCUT2D eigenvalue weighted by Gasteiger charge is -2.09. The summed E-state index contributed by atoms with van der Waals surface area (Å²) in [6.45, 7) is 5.10. The number of rotatable bonds is 3. The third-order valence-electron chi connectivity index (χ3n) is 3.67. The predicted octanol–water partition coefficient (Wildman–Crippen LogP) is 4.46. The maximum Gasteiger partial charge on any atom is 0.0702 e.